The van der Waals surface area contributed by atoms with Crippen molar-refractivity contribution in [2.75, 3.05) is 33.4 Å². The molecule has 1 N–H and O–H groups in total. The zero-order chi connectivity index (χ0) is 16.7. The Bertz CT molecular complexity index is 522. The van der Waals surface area contributed by atoms with Crippen molar-refractivity contribution in [1.82, 2.24) is 9.80 Å². The molecule has 2 amide bonds. The lowest BCUT2D eigenvalue weighted by atomic mass is 10.1. The number of carbonyl (C=O) groups is 2. The normalized spacial score (nSPS) is 17.9. The highest BCUT2D eigenvalue weighted by atomic mass is 16.6. The average Bonchev–Trinajstić information content (AvgIpc) is 2.58. The Morgan fingerprint density at radius 1 is 1.26 bits per heavy atom. The number of hydrogen-bond donors (Lipinski definition) is 1. The Morgan fingerprint density at radius 2 is 2.00 bits per heavy atom. The monoisotopic (exact) mass is 322 g/mol. The number of carboxylic acid groups (broad SMARTS) is 1. The molecular formula is C16H22N2O5. The molecule has 7 heteroatoms. The van der Waals surface area contributed by atoms with E-state index in [1.807, 2.05) is 30.3 Å². The van der Waals surface area contributed by atoms with Gasteiger partial charge in [0.25, 0.3) is 0 Å². The zero-order valence-corrected chi connectivity index (χ0v) is 13.2. The summed E-state index contributed by atoms with van der Waals surface area (Å²) in [5.41, 5.74) is 0.918. The van der Waals surface area contributed by atoms with Gasteiger partial charge >= 0.3 is 12.2 Å². The number of carbonyl (C=O) groups excluding carboxylic acids is 1. The topological polar surface area (TPSA) is 79.3 Å². The van der Waals surface area contributed by atoms with Crippen LogP contribution in [-0.4, -0.2) is 66.5 Å². The molecule has 1 aromatic rings. The van der Waals surface area contributed by atoms with Gasteiger partial charge in [0, 0.05) is 33.4 Å². The molecular weight excluding hydrogens is 300 g/mol. The molecule has 23 heavy (non-hydrogen) atoms. The number of rotatable bonds is 5. The van der Waals surface area contributed by atoms with E-state index in [0.717, 1.165) is 5.56 Å². The minimum atomic E-state index is -0.969. The third-order valence-electron chi connectivity index (χ3n) is 3.85. The fourth-order valence-corrected chi connectivity index (χ4v) is 2.58. The Morgan fingerprint density at radius 3 is 2.65 bits per heavy atom. The molecule has 1 atom stereocenters. The van der Waals surface area contributed by atoms with Crippen molar-refractivity contribution in [3.8, 4) is 0 Å². The average molecular weight is 322 g/mol. The van der Waals surface area contributed by atoms with E-state index in [1.165, 1.54) is 4.90 Å². The van der Waals surface area contributed by atoms with Crippen LogP contribution in [0.2, 0.25) is 0 Å². The second-order valence-electron chi connectivity index (χ2n) is 5.40. The third kappa shape index (κ3) is 4.85. The quantitative estimate of drug-likeness (QED) is 0.897. The van der Waals surface area contributed by atoms with Gasteiger partial charge in [-0.05, 0) is 12.0 Å². The van der Waals surface area contributed by atoms with Crippen molar-refractivity contribution < 1.29 is 24.2 Å². The summed E-state index contributed by atoms with van der Waals surface area (Å²) in [5.74, 6) is 0. The van der Waals surface area contributed by atoms with Crippen LogP contribution in [-0.2, 0) is 16.1 Å². The minimum absolute atomic E-state index is 0.210. The van der Waals surface area contributed by atoms with Gasteiger partial charge in [0.2, 0.25) is 0 Å². The molecule has 2 rings (SSSR count). The van der Waals surface area contributed by atoms with Gasteiger partial charge in [-0.25, -0.2) is 9.59 Å². The lowest BCUT2D eigenvalue weighted by Gasteiger charge is -2.39. The maximum atomic E-state index is 12.2. The van der Waals surface area contributed by atoms with E-state index in [4.69, 9.17) is 9.47 Å². The number of nitrogens with zero attached hydrogens (tertiary/aromatic N) is 2. The van der Waals surface area contributed by atoms with E-state index >= 15 is 0 Å². The minimum Gasteiger partial charge on any atom is -0.465 e. The summed E-state index contributed by atoms with van der Waals surface area (Å²) in [6.45, 7) is 1.60. The molecule has 0 aromatic heterocycles. The largest absolute Gasteiger partial charge is 0.465 e. The second kappa shape index (κ2) is 8.38. The van der Waals surface area contributed by atoms with E-state index in [9.17, 15) is 14.7 Å². The number of methoxy groups -OCH3 is 1. The van der Waals surface area contributed by atoms with Crippen molar-refractivity contribution >= 4 is 12.2 Å². The van der Waals surface area contributed by atoms with Gasteiger partial charge < -0.3 is 24.4 Å². The fourth-order valence-electron chi connectivity index (χ4n) is 2.58. The van der Waals surface area contributed by atoms with Crippen LogP contribution in [0.25, 0.3) is 0 Å². The number of piperazine rings is 1. The molecule has 1 unspecified atom stereocenters. The molecule has 1 heterocycles. The van der Waals surface area contributed by atoms with E-state index in [-0.39, 0.29) is 19.2 Å². The zero-order valence-electron chi connectivity index (χ0n) is 13.2. The SMILES string of the molecule is COCCC1CN(C(=O)OCc2ccccc2)CCN1C(=O)O. The summed E-state index contributed by atoms with van der Waals surface area (Å²) < 4.78 is 10.3. The summed E-state index contributed by atoms with van der Waals surface area (Å²) in [4.78, 5) is 26.4. The Kier molecular flexibility index (Phi) is 6.22. The van der Waals surface area contributed by atoms with Crippen LogP contribution in [0, 0.1) is 0 Å². The van der Waals surface area contributed by atoms with Crippen LogP contribution >= 0.6 is 0 Å². The van der Waals surface area contributed by atoms with Crippen LogP contribution < -0.4 is 0 Å². The first kappa shape index (κ1) is 17.1. The molecule has 126 valence electrons. The Balaban J connectivity index is 1.89. The molecule has 0 bridgehead atoms. The van der Waals surface area contributed by atoms with Gasteiger partial charge in [-0.2, -0.15) is 0 Å². The van der Waals surface area contributed by atoms with Crippen molar-refractivity contribution in [3.05, 3.63) is 35.9 Å². The lowest BCUT2D eigenvalue weighted by Crippen LogP contribution is -2.56. The van der Waals surface area contributed by atoms with Crippen molar-refractivity contribution in [2.45, 2.75) is 19.1 Å². The molecule has 1 fully saturated rings. The summed E-state index contributed by atoms with van der Waals surface area (Å²) in [5, 5.41) is 9.24. The third-order valence-corrected chi connectivity index (χ3v) is 3.85. The molecule has 1 saturated heterocycles. The summed E-state index contributed by atoms with van der Waals surface area (Å²) in [7, 11) is 1.57. The molecule has 1 aliphatic heterocycles. The first-order chi connectivity index (χ1) is 11.1. The number of hydrogen-bond acceptors (Lipinski definition) is 4. The van der Waals surface area contributed by atoms with Crippen LogP contribution in [0.3, 0.4) is 0 Å². The van der Waals surface area contributed by atoms with Crippen LogP contribution in [0.1, 0.15) is 12.0 Å². The molecule has 0 saturated carbocycles. The molecule has 0 radical (unpaired) electrons. The van der Waals surface area contributed by atoms with E-state index in [2.05, 4.69) is 0 Å². The van der Waals surface area contributed by atoms with Crippen LogP contribution in [0.4, 0.5) is 9.59 Å². The van der Waals surface area contributed by atoms with E-state index < -0.39 is 12.2 Å². The number of amides is 2. The summed E-state index contributed by atoms with van der Waals surface area (Å²) in [6.07, 6.45) is -0.838. The van der Waals surface area contributed by atoms with Gasteiger partial charge in [-0.1, -0.05) is 30.3 Å². The predicted molar refractivity (Wildman–Crippen MR) is 83.2 cm³/mol. The van der Waals surface area contributed by atoms with Crippen molar-refractivity contribution in [1.29, 1.82) is 0 Å². The van der Waals surface area contributed by atoms with Crippen LogP contribution in [0.5, 0.6) is 0 Å². The van der Waals surface area contributed by atoms with E-state index in [1.54, 1.807) is 12.0 Å². The van der Waals surface area contributed by atoms with E-state index in [0.29, 0.717) is 26.1 Å². The molecule has 0 spiro atoms. The van der Waals surface area contributed by atoms with Crippen molar-refractivity contribution in [2.24, 2.45) is 0 Å². The lowest BCUT2D eigenvalue weighted by molar-refractivity contribution is 0.0372. The summed E-state index contributed by atoms with van der Waals surface area (Å²) in [6, 6.07) is 9.17. The maximum absolute atomic E-state index is 12.2. The fraction of sp³-hybridized carbons (Fsp3) is 0.500. The van der Waals surface area contributed by atoms with Gasteiger partial charge in [-0.15, -0.1) is 0 Å². The highest BCUT2D eigenvalue weighted by Crippen LogP contribution is 2.15. The Labute approximate surface area is 135 Å². The summed E-state index contributed by atoms with van der Waals surface area (Å²) >= 11 is 0. The van der Waals surface area contributed by atoms with Gasteiger partial charge in [0.1, 0.15) is 6.61 Å². The highest BCUT2D eigenvalue weighted by Gasteiger charge is 2.32. The second-order valence-corrected chi connectivity index (χ2v) is 5.40. The predicted octanol–water partition coefficient (Wildman–Crippen LogP) is 2.02. The molecule has 1 aromatic carbocycles. The van der Waals surface area contributed by atoms with Gasteiger partial charge in [-0.3, -0.25) is 0 Å². The molecule has 7 nitrogen and oxygen atoms in total. The Hall–Kier alpha value is -2.28. The van der Waals surface area contributed by atoms with Gasteiger partial charge in [0.15, 0.2) is 0 Å². The first-order valence-electron chi connectivity index (χ1n) is 7.56. The number of benzene rings is 1. The van der Waals surface area contributed by atoms with Crippen LogP contribution in [0.15, 0.2) is 30.3 Å². The number of ether oxygens (including phenoxy) is 2. The van der Waals surface area contributed by atoms with Crippen molar-refractivity contribution in [3.63, 3.8) is 0 Å². The molecule has 0 aliphatic carbocycles. The highest BCUT2D eigenvalue weighted by molar-refractivity contribution is 5.69. The standard InChI is InChI=1S/C16H22N2O5/c1-22-10-7-14-11-17(8-9-18(14)15(19)20)16(21)23-12-13-5-3-2-4-6-13/h2-6,14H,7-12H2,1H3,(H,19,20). The maximum Gasteiger partial charge on any atom is 0.410 e. The first-order valence-corrected chi connectivity index (χ1v) is 7.56. The smallest absolute Gasteiger partial charge is 0.410 e. The van der Waals surface area contributed by atoms with Gasteiger partial charge in [0.05, 0.1) is 6.04 Å². The molecule has 1 aliphatic rings.